The van der Waals surface area contributed by atoms with E-state index < -0.39 is 8.07 Å². The summed E-state index contributed by atoms with van der Waals surface area (Å²) in [6, 6.07) is 0. The first-order valence-electron chi connectivity index (χ1n) is 5.89. The summed E-state index contributed by atoms with van der Waals surface area (Å²) >= 11 is 0. The van der Waals surface area contributed by atoms with Gasteiger partial charge >= 0.3 is 0 Å². The van der Waals surface area contributed by atoms with Crippen LogP contribution in [0, 0.1) is 11.5 Å². The molecule has 18 heavy (non-hydrogen) atoms. The maximum atomic E-state index is 4.48. The van der Waals surface area contributed by atoms with Crippen LogP contribution in [0.5, 0.6) is 0 Å². The third-order valence-corrected chi connectivity index (χ3v) is 3.44. The molecule has 0 saturated heterocycles. The van der Waals surface area contributed by atoms with Gasteiger partial charge in [0.25, 0.3) is 0 Å². The van der Waals surface area contributed by atoms with Gasteiger partial charge in [-0.1, -0.05) is 38.2 Å². The molecule has 0 aliphatic heterocycles. The summed E-state index contributed by atoms with van der Waals surface area (Å²) in [4.78, 5) is 4.20. The van der Waals surface area contributed by atoms with Crippen molar-refractivity contribution in [1.29, 1.82) is 0 Å². The number of nitrogens with zero attached hydrogens (tertiary/aromatic N) is 3. The molecule has 3 nitrogen and oxygen atoms in total. The summed E-state index contributed by atoms with van der Waals surface area (Å²) in [6.07, 6.45) is 5.42. The Hall–Kier alpha value is -1.86. The number of aryl methyl sites for hydroxylation is 1. The molecular formula is C14H17N3Si. The van der Waals surface area contributed by atoms with Gasteiger partial charge in [-0.15, -0.1) is 5.54 Å². The Bertz CT molecular complexity index is 666. The fourth-order valence-corrected chi connectivity index (χ4v) is 2.20. The molecular weight excluding hydrogens is 238 g/mol. The third-order valence-electron chi connectivity index (χ3n) is 2.57. The minimum Gasteiger partial charge on any atom is -0.265 e. The average Bonchev–Trinajstić information content (AvgIpc) is 2.63. The Kier molecular flexibility index (Phi) is 3.10. The van der Waals surface area contributed by atoms with Crippen molar-refractivity contribution in [2.45, 2.75) is 19.6 Å². The number of rotatable bonds is 1. The van der Waals surface area contributed by atoms with Crippen LogP contribution < -0.4 is 0 Å². The van der Waals surface area contributed by atoms with Crippen LogP contribution in [0.4, 0.5) is 0 Å². The lowest BCUT2D eigenvalue weighted by Gasteiger charge is -2.02. The van der Waals surface area contributed by atoms with Gasteiger partial charge in [-0.3, -0.25) is 9.67 Å². The molecule has 0 aliphatic rings. The Labute approximate surface area is 109 Å². The van der Waals surface area contributed by atoms with Crippen LogP contribution in [0.15, 0.2) is 19.0 Å². The van der Waals surface area contributed by atoms with E-state index in [0.717, 1.165) is 22.2 Å². The molecule has 0 fully saturated rings. The van der Waals surface area contributed by atoms with Crippen molar-refractivity contribution in [3.05, 3.63) is 30.2 Å². The normalized spacial score (nSPS) is 11.1. The quantitative estimate of drug-likeness (QED) is 0.579. The van der Waals surface area contributed by atoms with E-state index in [1.54, 1.807) is 12.3 Å². The monoisotopic (exact) mass is 255 g/mol. The van der Waals surface area contributed by atoms with E-state index in [0.29, 0.717) is 0 Å². The van der Waals surface area contributed by atoms with E-state index in [9.17, 15) is 0 Å². The van der Waals surface area contributed by atoms with Crippen molar-refractivity contribution in [3.8, 4) is 11.5 Å². The first-order valence-corrected chi connectivity index (χ1v) is 9.39. The smallest absolute Gasteiger partial charge is 0.143 e. The van der Waals surface area contributed by atoms with Gasteiger partial charge in [-0.2, -0.15) is 5.10 Å². The summed E-state index contributed by atoms with van der Waals surface area (Å²) in [5.74, 6) is 3.23. The highest BCUT2D eigenvalue weighted by Gasteiger charge is 2.12. The van der Waals surface area contributed by atoms with Gasteiger partial charge in [0.05, 0.1) is 11.7 Å². The van der Waals surface area contributed by atoms with Gasteiger partial charge in [0.1, 0.15) is 13.8 Å². The Morgan fingerprint density at radius 1 is 1.33 bits per heavy atom. The largest absolute Gasteiger partial charge is 0.265 e. The van der Waals surface area contributed by atoms with Crippen molar-refractivity contribution in [3.63, 3.8) is 0 Å². The van der Waals surface area contributed by atoms with Crippen molar-refractivity contribution in [1.82, 2.24) is 14.8 Å². The average molecular weight is 255 g/mol. The number of fused-ring (bicyclic) bond motifs is 1. The molecule has 0 amide bonds. The van der Waals surface area contributed by atoms with E-state index in [1.807, 2.05) is 17.9 Å². The number of hydrogen-bond donors (Lipinski definition) is 0. The highest BCUT2D eigenvalue weighted by atomic mass is 28.3. The number of aromatic nitrogens is 3. The molecule has 0 atom stereocenters. The SMILES string of the molecule is C=Cc1cncc2c1c(C#C[Si](C)(C)C)nn2C. The van der Waals surface area contributed by atoms with Gasteiger partial charge in [0, 0.05) is 24.2 Å². The van der Waals surface area contributed by atoms with Crippen molar-refractivity contribution in [2.24, 2.45) is 7.05 Å². The predicted octanol–water partition coefficient (Wildman–Crippen LogP) is 2.84. The van der Waals surface area contributed by atoms with Gasteiger partial charge in [0.15, 0.2) is 0 Å². The topological polar surface area (TPSA) is 30.7 Å². The van der Waals surface area contributed by atoms with Gasteiger partial charge in [0.2, 0.25) is 0 Å². The van der Waals surface area contributed by atoms with E-state index in [4.69, 9.17) is 0 Å². The second kappa shape index (κ2) is 4.43. The minimum absolute atomic E-state index is 0.826. The molecule has 0 spiro atoms. The van der Waals surface area contributed by atoms with Crippen LogP contribution in [-0.4, -0.2) is 22.8 Å². The molecule has 2 heterocycles. The van der Waals surface area contributed by atoms with Crippen LogP contribution >= 0.6 is 0 Å². The molecule has 0 N–H and O–H groups in total. The van der Waals surface area contributed by atoms with E-state index in [2.05, 4.69) is 47.8 Å². The molecule has 2 aromatic rings. The summed E-state index contributed by atoms with van der Waals surface area (Å²) in [7, 11) is 0.516. The molecule has 0 bridgehead atoms. The van der Waals surface area contributed by atoms with Crippen molar-refractivity contribution >= 4 is 25.1 Å². The molecule has 0 aromatic carbocycles. The lowest BCUT2D eigenvalue weighted by Crippen LogP contribution is -2.16. The van der Waals surface area contributed by atoms with Gasteiger partial charge in [-0.05, 0) is 0 Å². The second-order valence-corrected chi connectivity index (χ2v) is 10.0. The zero-order valence-electron chi connectivity index (χ0n) is 11.3. The molecule has 0 unspecified atom stereocenters. The molecule has 0 aliphatic carbocycles. The van der Waals surface area contributed by atoms with Crippen LogP contribution in [-0.2, 0) is 7.05 Å². The standard InChI is InChI=1S/C14H17N3Si/c1-6-11-9-15-10-13-14(11)12(16-17(13)2)7-8-18(3,4)5/h6,9-10H,1H2,2-5H3. The Morgan fingerprint density at radius 2 is 2.06 bits per heavy atom. The fraction of sp³-hybridized carbons (Fsp3) is 0.286. The Morgan fingerprint density at radius 3 is 2.67 bits per heavy atom. The van der Waals surface area contributed by atoms with Crippen LogP contribution in [0.1, 0.15) is 11.3 Å². The summed E-state index contributed by atoms with van der Waals surface area (Å²) in [5.41, 5.74) is 6.16. The fourth-order valence-electron chi connectivity index (χ4n) is 1.71. The zero-order valence-corrected chi connectivity index (χ0v) is 12.3. The first kappa shape index (κ1) is 12.6. The van der Waals surface area contributed by atoms with E-state index in [1.165, 1.54) is 0 Å². The lowest BCUT2D eigenvalue weighted by atomic mass is 10.1. The predicted molar refractivity (Wildman–Crippen MR) is 78.8 cm³/mol. The van der Waals surface area contributed by atoms with Gasteiger partial charge in [-0.25, -0.2) is 0 Å². The molecule has 92 valence electrons. The molecule has 0 saturated carbocycles. The number of hydrogen-bond acceptors (Lipinski definition) is 2. The van der Waals surface area contributed by atoms with E-state index in [-0.39, 0.29) is 0 Å². The molecule has 0 radical (unpaired) electrons. The lowest BCUT2D eigenvalue weighted by molar-refractivity contribution is 0.791. The Balaban J connectivity index is 2.71. The van der Waals surface area contributed by atoms with Gasteiger partial charge < -0.3 is 0 Å². The van der Waals surface area contributed by atoms with E-state index >= 15 is 0 Å². The molecule has 4 heteroatoms. The third kappa shape index (κ3) is 2.36. The molecule has 2 rings (SSSR count). The highest BCUT2D eigenvalue weighted by Crippen LogP contribution is 2.21. The maximum absolute atomic E-state index is 4.48. The maximum Gasteiger partial charge on any atom is 0.143 e. The number of pyridine rings is 1. The first-order chi connectivity index (χ1) is 8.42. The zero-order chi connectivity index (χ0) is 13.3. The van der Waals surface area contributed by atoms with Crippen molar-refractivity contribution in [2.75, 3.05) is 0 Å². The summed E-state index contributed by atoms with van der Waals surface area (Å²) in [6.45, 7) is 10.5. The van der Waals surface area contributed by atoms with Crippen molar-refractivity contribution < 1.29 is 0 Å². The van der Waals surface area contributed by atoms with Crippen LogP contribution in [0.25, 0.3) is 17.0 Å². The van der Waals surface area contributed by atoms with Crippen LogP contribution in [0.3, 0.4) is 0 Å². The summed E-state index contributed by atoms with van der Waals surface area (Å²) in [5, 5.41) is 5.53. The summed E-state index contributed by atoms with van der Waals surface area (Å²) < 4.78 is 1.82. The minimum atomic E-state index is -1.40. The molecule has 2 aromatic heterocycles. The van der Waals surface area contributed by atoms with Crippen LogP contribution in [0.2, 0.25) is 19.6 Å². The highest BCUT2D eigenvalue weighted by molar-refractivity contribution is 6.83. The second-order valence-electron chi connectivity index (χ2n) is 5.30.